The monoisotopic (exact) mass is 481 g/mol. The Morgan fingerprint density at radius 1 is 0.846 bits per heavy atom. The summed E-state index contributed by atoms with van der Waals surface area (Å²) in [5, 5.41) is 0. The fourth-order valence-electron chi connectivity index (χ4n) is 1.26. The molecule has 1 aliphatic heterocycles. The molecule has 0 atom stereocenters. The molecule has 0 saturated heterocycles. The maximum absolute atomic E-state index is 11.1. The average molecular weight is 481 g/mol. The molecule has 1 aromatic rings. The zero-order valence-corrected chi connectivity index (χ0v) is 12.5. The molecule has 1 aliphatic rings. The van der Waals surface area contributed by atoms with Crippen LogP contribution in [0.1, 0.15) is 10.4 Å². The van der Waals surface area contributed by atoms with Crippen LogP contribution in [-0.2, 0) is 23.5 Å². The van der Waals surface area contributed by atoms with E-state index >= 15 is 0 Å². The summed E-state index contributed by atoms with van der Waals surface area (Å²) >= 11 is 0. The molecule has 11 nitrogen and oxygen atoms in total. The van der Waals surface area contributed by atoms with E-state index in [1.54, 1.807) is 12.1 Å². The van der Waals surface area contributed by atoms with Gasteiger partial charge in [0.05, 0.1) is 5.56 Å². The Bertz CT molecular complexity index is 745. The first kappa shape index (κ1) is 40.3. The Balaban J connectivity index is -0.0000000979. The van der Waals surface area contributed by atoms with Gasteiger partial charge < -0.3 is 19.6 Å². The van der Waals surface area contributed by atoms with Crippen molar-refractivity contribution in [2.75, 3.05) is 0 Å². The second-order valence-electron chi connectivity index (χ2n) is 3.49. The molecule has 5 N–H and O–H groups in total. The van der Waals surface area contributed by atoms with E-state index in [2.05, 4.69) is 4.31 Å². The van der Waals surface area contributed by atoms with Gasteiger partial charge in [-0.2, -0.15) is 4.31 Å². The predicted octanol–water partition coefficient (Wildman–Crippen LogP) is -3.94. The quantitative estimate of drug-likeness (QED) is 0.206. The molecule has 0 bridgehead atoms. The van der Waals surface area contributed by atoms with Crippen LogP contribution in [0.3, 0.4) is 0 Å². The van der Waals surface area contributed by atoms with Gasteiger partial charge in [-0.05, 0) is 12.1 Å². The van der Waals surface area contributed by atoms with Crippen LogP contribution < -0.4 is 4.72 Å². The molecule has 0 fully saturated rings. The first-order chi connectivity index (χ1) is 9.32. The zero-order chi connectivity index (χ0) is 16.5. The molecule has 19 heteroatoms. The second kappa shape index (κ2) is 16.5. The van der Waals surface area contributed by atoms with Crippen LogP contribution in [0.25, 0.3) is 0 Å². The molecule has 2 rings (SSSR count). The van der Waals surface area contributed by atoms with Gasteiger partial charge in [0.2, 0.25) is 0 Å². The van der Waals surface area contributed by atoms with Crippen LogP contribution >= 0.6 is 15.6 Å². The number of nitrogens with one attached hydrogen (secondary N) is 1. The standard InChI is InChI=1S/C7H5NO3S.5Na.H4O7P2.5H/c9-7-5-3-1-2-4-6(5)12(10,11)8-7;;;;;;1-8(2,3)7-9(4,5)6;;;;;/h1-4H,(H,8,9);;;;;;(H2,1,2,3)(H2,4,5,6);;;;;. The number of rotatable bonds is 2. The Morgan fingerprint density at radius 3 is 1.54 bits per heavy atom. The summed E-state index contributed by atoms with van der Waals surface area (Å²) in [5.74, 6) is -0.550. The third-order valence-electron chi connectivity index (χ3n) is 1.86. The third kappa shape index (κ3) is 15.7. The van der Waals surface area contributed by atoms with Crippen LogP contribution in [0.15, 0.2) is 29.2 Å². The fraction of sp³-hybridized carbons (Fsp3) is 0. The predicted molar refractivity (Wildman–Crippen MR) is 102 cm³/mol. The Morgan fingerprint density at radius 2 is 1.23 bits per heavy atom. The minimum absolute atomic E-state index is 0. The Kier molecular flexibility index (Phi) is 25.6. The van der Waals surface area contributed by atoms with Crippen LogP contribution in [0.5, 0.6) is 0 Å². The molecule has 0 spiro atoms. The van der Waals surface area contributed by atoms with Crippen molar-refractivity contribution >= 4 is 179 Å². The van der Waals surface area contributed by atoms with Gasteiger partial charge in [-0.15, -0.1) is 0 Å². The van der Waals surface area contributed by atoms with Gasteiger partial charge in [-0.25, -0.2) is 22.3 Å². The summed E-state index contributed by atoms with van der Waals surface area (Å²) in [6, 6.07) is 6.09. The van der Waals surface area contributed by atoms with Crippen molar-refractivity contribution in [1.82, 2.24) is 4.72 Å². The second-order valence-corrected chi connectivity index (χ2v) is 7.76. The summed E-state index contributed by atoms with van der Waals surface area (Å²) in [6.07, 6.45) is 0. The summed E-state index contributed by atoms with van der Waals surface area (Å²) < 4.78 is 46.4. The molecule has 1 amide bonds. The van der Waals surface area contributed by atoms with E-state index < -0.39 is 31.6 Å². The average Bonchev–Trinajstić information content (AvgIpc) is 2.46. The number of hydrogen-bond acceptors (Lipinski definition) is 6. The van der Waals surface area contributed by atoms with E-state index in [0.29, 0.717) is 0 Å². The van der Waals surface area contributed by atoms with Gasteiger partial charge >= 0.3 is 163 Å². The van der Waals surface area contributed by atoms with E-state index in [9.17, 15) is 22.3 Å². The van der Waals surface area contributed by atoms with Crippen molar-refractivity contribution in [2.45, 2.75) is 4.90 Å². The van der Waals surface area contributed by atoms with Crippen molar-refractivity contribution in [1.29, 1.82) is 0 Å². The van der Waals surface area contributed by atoms with Crippen molar-refractivity contribution in [3.8, 4) is 0 Å². The first-order valence-electron chi connectivity index (χ1n) is 4.80. The van der Waals surface area contributed by atoms with E-state index in [1.165, 1.54) is 12.1 Å². The van der Waals surface area contributed by atoms with Gasteiger partial charge in [0.15, 0.2) is 0 Å². The molecule has 128 valence electrons. The molecule has 0 radical (unpaired) electrons. The van der Waals surface area contributed by atoms with Gasteiger partial charge in [0.1, 0.15) is 4.90 Å². The van der Waals surface area contributed by atoms with Crippen LogP contribution in [0.2, 0.25) is 0 Å². The molecule has 0 saturated carbocycles. The fourth-order valence-corrected chi connectivity index (χ4v) is 3.54. The number of carbonyl (C=O) groups excluding carboxylic acids is 1. The Hall–Kier alpha value is 3.90. The maximum atomic E-state index is 11.1. The normalized spacial score (nSPS) is 13.3. The molecule has 26 heavy (non-hydrogen) atoms. The van der Waals surface area contributed by atoms with Gasteiger partial charge in [-0.1, -0.05) is 12.1 Å². The van der Waals surface area contributed by atoms with Crippen molar-refractivity contribution in [2.24, 2.45) is 0 Å². The molecule has 1 heterocycles. The number of hydrogen-bond donors (Lipinski definition) is 5. The molecular weight excluding hydrogens is 467 g/mol. The molecule has 0 unspecified atom stereocenters. The number of fused-ring (bicyclic) bond motifs is 1. The summed E-state index contributed by atoms with van der Waals surface area (Å²) in [6.45, 7) is 0. The van der Waals surface area contributed by atoms with Crippen LogP contribution in [-0.4, -0.2) is 182 Å². The van der Waals surface area contributed by atoms with Gasteiger partial charge in [-0.3, -0.25) is 4.79 Å². The summed E-state index contributed by atoms with van der Waals surface area (Å²) in [5.41, 5.74) is 0.220. The van der Waals surface area contributed by atoms with Crippen LogP contribution in [0, 0.1) is 0 Å². The van der Waals surface area contributed by atoms with E-state index in [1.807, 2.05) is 4.72 Å². The van der Waals surface area contributed by atoms with E-state index in [4.69, 9.17) is 19.6 Å². The molecule has 1 aromatic carbocycles. The summed E-state index contributed by atoms with van der Waals surface area (Å²) in [4.78, 5) is 42.1. The van der Waals surface area contributed by atoms with Crippen molar-refractivity contribution in [3.63, 3.8) is 0 Å². The third-order valence-corrected chi connectivity index (χ3v) is 4.95. The minimum atomic E-state index is -5.05. The van der Waals surface area contributed by atoms with Crippen molar-refractivity contribution in [3.05, 3.63) is 29.8 Å². The van der Waals surface area contributed by atoms with Gasteiger partial charge in [0.25, 0.3) is 15.9 Å². The Labute approximate surface area is 260 Å². The topological polar surface area (TPSA) is 188 Å². The number of phosphoric acid groups is 2. The van der Waals surface area contributed by atoms with E-state index in [-0.39, 0.29) is 158 Å². The number of benzene rings is 1. The molecular formula is C7H14NNa5O10P2S. The van der Waals surface area contributed by atoms with Crippen LogP contribution in [0.4, 0.5) is 0 Å². The number of amides is 1. The number of carbonyl (C=O) groups is 1. The SMILES string of the molecule is O=C1NS(=O)(=O)c2ccccc21.O=P(O)(O)OP(=O)(O)O.[NaH].[NaH].[NaH].[NaH].[NaH]. The summed E-state index contributed by atoms with van der Waals surface area (Å²) in [7, 11) is -13.7. The number of sulfonamides is 1. The van der Waals surface area contributed by atoms with E-state index in [0.717, 1.165) is 0 Å². The molecule has 0 aliphatic carbocycles. The van der Waals surface area contributed by atoms with Gasteiger partial charge in [0, 0.05) is 0 Å². The zero-order valence-electron chi connectivity index (χ0n) is 9.85. The van der Waals surface area contributed by atoms with Crippen molar-refractivity contribution < 1.29 is 46.2 Å². The first-order valence-corrected chi connectivity index (χ1v) is 9.35. The molecule has 0 aromatic heterocycles.